The number of anilines is 1. The fourth-order valence-electron chi connectivity index (χ4n) is 4.56. The average Bonchev–Trinajstić information content (AvgIpc) is 2.87. The number of rotatable bonds is 12. The summed E-state index contributed by atoms with van der Waals surface area (Å²) in [5.41, 5.74) is 3.39. The largest absolute Gasteiger partial charge is 0.444 e. The van der Waals surface area contributed by atoms with Gasteiger partial charge in [0.05, 0.1) is 0 Å². The molecule has 2 aromatic rings. The van der Waals surface area contributed by atoms with Crippen LogP contribution in [0.4, 0.5) is 10.5 Å². The molecule has 7 nitrogen and oxygen atoms in total. The molecule has 218 valence electrons. The van der Waals surface area contributed by atoms with E-state index in [1.54, 1.807) is 31.7 Å². The van der Waals surface area contributed by atoms with Gasteiger partial charge in [0.15, 0.2) is 0 Å². The number of unbranched alkanes of at least 4 members (excludes halogenated alkanes) is 2. The highest BCUT2D eigenvalue weighted by atomic mass is 16.6. The second-order valence-corrected chi connectivity index (χ2v) is 11.6. The van der Waals surface area contributed by atoms with E-state index in [2.05, 4.69) is 24.1 Å². The minimum absolute atomic E-state index is 0.240. The summed E-state index contributed by atoms with van der Waals surface area (Å²) in [4.78, 5) is 42.8. The van der Waals surface area contributed by atoms with Crippen LogP contribution in [0.5, 0.6) is 0 Å². The number of carbonyl (C=O) groups is 3. The van der Waals surface area contributed by atoms with Crippen molar-refractivity contribution in [2.45, 2.75) is 92.3 Å². The van der Waals surface area contributed by atoms with Crippen molar-refractivity contribution >= 4 is 29.7 Å². The number of alkyl carbamates (subject to hydrolysis) is 1. The molecule has 0 aromatic heterocycles. The molecular weight excluding hydrogens is 502 g/mol. The van der Waals surface area contributed by atoms with Gasteiger partial charge in [0.2, 0.25) is 5.91 Å². The number of nitrogens with one attached hydrogen (secondary N) is 2. The number of para-hydroxylation sites is 1. The summed E-state index contributed by atoms with van der Waals surface area (Å²) in [6.07, 6.45) is 3.62. The Balaban J connectivity index is 2.61. The molecule has 3 amide bonds. The van der Waals surface area contributed by atoms with Gasteiger partial charge >= 0.3 is 6.09 Å². The topological polar surface area (TPSA) is 87.7 Å². The van der Waals surface area contributed by atoms with Gasteiger partial charge in [-0.3, -0.25) is 9.59 Å². The number of amides is 3. The van der Waals surface area contributed by atoms with E-state index in [1.165, 1.54) is 0 Å². The fourth-order valence-corrected chi connectivity index (χ4v) is 4.56. The number of aryl methyl sites for hydroxylation is 2. The summed E-state index contributed by atoms with van der Waals surface area (Å²) in [6, 6.07) is 11.5. The predicted octanol–water partition coefficient (Wildman–Crippen LogP) is 7.19. The van der Waals surface area contributed by atoms with E-state index in [-0.39, 0.29) is 17.7 Å². The highest BCUT2D eigenvalue weighted by Crippen LogP contribution is 2.29. The van der Waals surface area contributed by atoms with Gasteiger partial charge < -0.3 is 20.3 Å². The zero-order valence-electron chi connectivity index (χ0n) is 25.5. The van der Waals surface area contributed by atoms with E-state index < -0.39 is 23.8 Å². The smallest absolute Gasteiger partial charge is 0.408 e. The van der Waals surface area contributed by atoms with Crippen molar-refractivity contribution in [1.82, 2.24) is 10.2 Å². The Labute approximate surface area is 240 Å². The first-order valence-electron chi connectivity index (χ1n) is 14.2. The van der Waals surface area contributed by atoms with Crippen LogP contribution in [0.1, 0.15) is 89.1 Å². The lowest BCUT2D eigenvalue weighted by Gasteiger charge is -2.36. The van der Waals surface area contributed by atoms with E-state index >= 15 is 0 Å². The van der Waals surface area contributed by atoms with Gasteiger partial charge in [-0.1, -0.05) is 82.7 Å². The molecule has 7 heteroatoms. The highest BCUT2D eigenvalue weighted by Gasteiger charge is 2.37. The van der Waals surface area contributed by atoms with Crippen LogP contribution >= 0.6 is 0 Å². The van der Waals surface area contributed by atoms with Crippen LogP contribution in [0, 0.1) is 19.8 Å². The number of hydrogen-bond donors (Lipinski definition) is 2. The van der Waals surface area contributed by atoms with Crippen LogP contribution in [-0.4, -0.2) is 41.0 Å². The zero-order chi connectivity index (χ0) is 30.0. The fraction of sp³-hybridized carbons (Fsp3) is 0.485. The molecule has 2 N–H and O–H groups in total. The van der Waals surface area contributed by atoms with Gasteiger partial charge in [0.1, 0.15) is 17.7 Å². The molecular formula is C33H47N3O4. The highest BCUT2D eigenvalue weighted by molar-refractivity contribution is 6.00. The Morgan fingerprint density at radius 3 is 2.20 bits per heavy atom. The first-order valence-corrected chi connectivity index (χ1v) is 14.2. The molecule has 0 bridgehead atoms. The van der Waals surface area contributed by atoms with Crippen molar-refractivity contribution in [3.05, 3.63) is 71.3 Å². The van der Waals surface area contributed by atoms with Crippen LogP contribution in [0.15, 0.2) is 49.0 Å². The van der Waals surface area contributed by atoms with Gasteiger partial charge in [-0.2, -0.15) is 0 Å². The van der Waals surface area contributed by atoms with Gasteiger partial charge in [0, 0.05) is 12.2 Å². The molecule has 0 radical (unpaired) electrons. The Kier molecular flexibility index (Phi) is 12.0. The van der Waals surface area contributed by atoms with E-state index in [4.69, 9.17) is 4.74 Å². The lowest BCUT2D eigenvalue weighted by Crippen LogP contribution is -2.54. The molecule has 2 aromatic carbocycles. The normalized spacial score (nSPS) is 12.8. The van der Waals surface area contributed by atoms with Crippen LogP contribution < -0.4 is 10.6 Å². The molecule has 2 atom stereocenters. The summed E-state index contributed by atoms with van der Waals surface area (Å²) < 4.78 is 5.46. The van der Waals surface area contributed by atoms with Crippen molar-refractivity contribution in [1.29, 1.82) is 0 Å². The van der Waals surface area contributed by atoms with Gasteiger partial charge in [0.25, 0.3) is 5.91 Å². The number of benzene rings is 2. The van der Waals surface area contributed by atoms with Crippen molar-refractivity contribution in [3.8, 4) is 0 Å². The molecule has 0 aliphatic carbocycles. The Morgan fingerprint density at radius 2 is 1.65 bits per heavy atom. The average molecular weight is 550 g/mol. The molecule has 2 unspecified atom stereocenters. The maximum atomic E-state index is 14.3. The van der Waals surface area contributed by atoms with E-state index in [1.807, 2.05) is 70.2 Å². The summed E-state index contributed by atoms with van der Waals surface area (Å²) in [6.45, 7) is 19.3. The third-order valence-corrected chi connectivity index (χ3v) is 6.64. The lowest BCUT2D eigenvalue weighted by molar-refractivity contribution is -0.141. The molecule has 2 rings (SSSR count). The predicted molar refractivity (Wildman–Crippen MR) is 163 cm³/mol. The van der Waals surface area contributed by atoms with Crippen molar-refractivity contribution in [3.63, 3.8) is 0 Å². The maximum absolute atomic E-state index is 14.3. The number of hydrogen-bond acceptors (Lipinski definition) is 4. The summed E-state index contributed by atoms with van der Waals surface area (Å²) in [5.74, 6) is -0.888. The minimum atomic E-state index is -0.926. The summed E-state index contributed by atoms with van der Waals surface area (Å²) in [7, 11) is 0. The molecule has 0 aliphatic heterocycles. The molecule has 0 saturated heterocycles. The van der Waals surface area contributed by atoms with Crippen molar-refractivity contribution < 1.29 is 19.1 Å². The van der Waals surface area contributed by atoms with E-state index in [9.17, 15) is 14.4 Å². The second-order valence-electron chi connectivity index (χ2n) is 11.6. The molecule has 0 aliphatic rings. The standard InChI is InChI=1S/C33H47N3O4/c1-10-12-13-20-36(31(38)27(22(3)4)35-32(39)40-33(7,8)9)29(26-19-15-18-25(11-2)21-26)30(37)34-28-23(5)16-14-17-24(28)6/h11,14-19,21-22,27,29H,2,10,12-13,20H2,1,3-9H3,(H,34,37)(H,35,39). The van der Waals surface area contributed by atoms with E-state index in [0.717, 1.165) is 35.2 Å². The molecule has 0 saturated carbocycles. The Morgan fingerprint density at radius 1 is 1.02 bits per heavy atom. The lowest BCUT2D eigenvalue weighted by atomic mass is 9.97. The second kappa shape index (κ2) is 14.7. The SMILES string of the molecule is C=Cc1cccc(C(C(=O)Nc2c(C)cccc2C)N(CCCCC)C(=O)C(NC(=O)OC(C)(C)C)C(C)C)c1. The third-order valence-electron chi connectivity index (χ3n) is 6.64. The third kappa shape index (κ3) is 9.25. The van der Waals surface area contributed by atoms with Crippen molar-refractivity contribution in [2.75, 3.05) is 11.9 Å². The quantitative estimate of drug-likeness (QED) is 0.274. The number of carbonyl (C=O) groups excluding carboxylic acids is 3. The number of ether oxygens (including phenoxy) is 1. The molecule has 0 fully saturated rings. The first kappa shape index (κ1) is 32.6. The van der Waals surface area contributed by atoms with Gasteiger partial charge in [-0.15, -0.1) is 0 Å². The minimum Gasteiger partial charge on any atom is -0.444 e. The number of nitrogens with zero attached hydrogens (tertiary/aromatic N) is 1. The first-order chi connectivity index (χ1) is 18.8. The molecule has 0 heterocycles. The zero-order valence-corrected chi connectivity index (χ0v) is 25.5. The van der Waals surface area contributed by atoms with Crippen LogP contribution in [0.3, 0.4) is 0 Å². The Bertz CT molecular complexity index is 1160. The van der Waals surface area contributed by atoms with E-state index in [0.29, 0.717) is 18.5 Å². The Hall–Kier alpha value is -3.61. The van der Waals surface area contributed by atoms with Crippen LogP contribution in [0.25, 0.3) is 6.08 Å². The van der Waals surface area contributed by atoms with Crippen LogP contribution in [0.2, 0.25) is 0 Å². The summed E-state index contributed by atoms with van der Waals surface area (Å²) >= 11 is 0. The molecule has 0 spiro atoms. The maximum Gasteiger partial charge on any atom is 0.408 e. The van der Waals surface area contributed by atoms with Crippen molar-refractivity contribution in [2.24, 2.45) is 5.92 Å². The summed E-state index contributed by atoms with van der Waals surface area (Å²) in [5, 5.41) is 5.89. The van der Waals surface area contributed by atoms with Gasteiger partial charge in [-0.05, 0) is 75.3 Å². The monoisotopic (exact) mass is 549 g/mol. The van der Waals surface area contributed by atoms with Gasteiger partial charge in [-0.25, -0.2) is 4.79 Å². The molecule has 40 heavy (non-hydrogen) atoms. The van der Waals surface area contributed by atoms with Crippen LogP contribution in [-0.2, 0) is 14.3 Å².